The van der Waals surface area contributed by atoms with Gasteiger partial charge in [-0.25, -0.2) is 0 Å². The topological polar surface area (TPSA) is 17.1 Å². The Kier molecular flexibility index (Phi) is 8.36. The van der Waals surface area contributed by atoms with Crippen molar-refractivity contribution in [3.63, 3.8) is 0 Å². The summed E-state index contributed by atoms with van der Waals surface area (Å²) in [5, 5.41) is 0. The normalized spacial score (nSPS) is 9.86. The van der Waals surface area contributed by atoms with Crippen LogP contribution < -0.4 is 0 Å². The van der Waals surface area contributed by atoms with Crippen molar-refractivity contribution < 1.29 is 4.79 Å². The van der Waals surface area contributed by atoms with E-state index in [9.17, 15) is 4.79 Å². The minimum atomic E-state index is 0.759. The molecule has 0 saturated carbocycles. The fraction of sp³-hybridized carbons (Fsp3) is 0.154. The molecule has 0 N–H and O–H groups in total. The number of carbonyl (C=O) groups is 1. The van der Waals surface area contributed by atoms with Crippen molar-refractivity contribution in [3.05, 3.63) is 54.1 Å². The van der Waals surface area contributed by atoms with Crippen molar-refractivity contribution in [1.29, 1.82) is 0 Å². The zero-order valence-electron chi connectivity index (χ0n) is 8.68. The van der Waals surface area contributed by atoms with E-state index in [4.69, 9.17) is 0 Å². The van der Waals surface area contributed by atoms with Crippen LogP contribution in [0.2, 0.25) is 0 Å². The van der Waals surface area contributed by atoms with E-state index in [-0.39, 0.29) is 0 Å². The number of hydrogen-bond donors (Lipinski definition) is 0. The second-order valence-electron chi connectivity index (χ2n) is 2.29. The number of rotatable bonds is 3. The first kappa shape index (κ1) is 12.4. The molecule has 0 aliphatic heterocycles. The van der Waals surface area contributed by atoms with Gasteiger partial charge in [-0.3, -0.25) is 4.79 Å². The number of carbonyl (C=O) groups excluding carboxylic acids is 1. The van der Waals surface area contributed by atoms with Crippen molar-refractivity contribution in [1.82, 2.24) is 0 Å². The van der Waals surface area contributed by atoms with Crippen LogP contribution in [0.3, 0.4) is 0 Å². The van der Waals surface area contributed by atoms with E-state index in [1.54, 1.807) is 6.08 Å². The van der Waals surface area contributed by atoms with Gasteiger partial charge in [-0.1, -0.05) is 62.4 Å². The summed E-state index contributed by atoms with van der Waals surface area (Å²) in [4.78, 5) is 9.90. The van der Waals surface area contributed by atoms with Gasteiger partial charge in [0.2, 0.25) is 0 Å². The summed E-state index contributed by atoms with van der Waals surface area (Å²) < 4.78 is 0. The molecule has 0 radical (unpaired) electrons. The monoisotopic (exact) mass is 188 g/mol. The van der Waals surface area contributed by atoms with Gasteiger partial charge in [-0.05, 0) is 11.6 Å². The van der Waals surface area contributed by atoms with Gasteiger partial charge in [0.25, 0.3) is 0 Å². The summed E-state index contributed by atoms with van der Waals surface area (Å²) in [5.41, 5.74) is 1.13. The van der Waals surface area contributed by atoms with Crippen molar-refractivity contribution >= 4 is 12.4 Å². The van der Waals surface area contributed by atoms with Crippen LogP contribution in [0.5, 0.6) is 0 Å². The van der Waals surface area contributed by atoms with Crippen LogP contribution in [0.4, 0.5) is 0 Å². The average molecular weight is 188 g/mol. The van der Waals surface area contributed by atoms with Crippen LogP contribution in [-0.2, 0) is 4.79 Å². The summed E-state index contributed by atoms with van der Waals surface area (Å²) in [6.45, 7) is 4.00. The maximum absolute atomic E-state index is 9.90. The zero-order chi connectivity index (χ0) is 10.6. The lowest BCUT2D eigenvalue weighted by Gasteiger charge is -1.87. The quantitative estimate of drug-likeness (QED) is 0.403. The highest BCUT2D eigenvalue weighted by molar-refractivity contribution is 5.66. The highest BCUT2D eigenvalue weighted by atomic mass is 16.1. The van der Waals surface area contributed by atoms with Gasteiger partial charge in [0.05, 0.1) is 0 Å². The molecule has 1 nitrogen and oxygen atoms in total. The fourth-order valence-corrected chi connectivity index (χ4v) is 0.840. The molecule has 1 heteroatoms. The van der Waals surface area contributed by atoms with E-state index in [1.165, 1.54) is 6.08 Å². The molecule has 0 saturated heterocycles. The third-order valence-electron chi connectivity index (χ3n) is 1.39. The summed E-state index contributed by atoms with van der Waals surface area (Å²) in [7, 11) is 0. The number of aldehydes is 1. The van der Waals surface area contributed by atoms with Gasteiger partial charge in [0.15, 0.2) is 0 Å². The largest absolute Gasteiger partial charge is 0.299 e. The SMILES string of the molecule is CC.O=C/C=C/C=C/c1ccccc1. The summed E-state index contributed by atoms with van der Waals surface area (Å²) in [5.74, 6) is 0. The Morgan fingerprint density at radius 1 is 0.929 bits per heavy atom. The number of allylic oxidation sites excluding steroid dienone is 3. The maximum atomic E-state index is 9.90. The molecular formula is C13H16O. The summed E-state index contributed by atoms with van der Waals surface area (Å²) in [6.07, 6.45) is 7.71. The van der Waals surface area contributed by atoms with E-state index >= 15 is 0 Å². The lowest BCUT2D eigenvalue weighted by Crippen LogP contribution is -1.66. The minimum Gasteiger partial charge on any atom is -0.299 e. The van der Waals surface area contributed by atoms with E-state index in [2.05, 4.69) is 0 Å². The molecule has 0 atom stereocenters. The molecule has 0 heterocycles. The van der Waals surface area contributed by atoms with Crippen LogP contribution in [0.15, 0.2) is 48.6 Å². The van der Waals surface area contributed by atoms with Gasteiger partial charge < -0.3 is 0 Å². The highest BCUT2D eigenvalue weighted by Gasteiger charge is 1.78. The Hall–Kier alpha value is -1.63. The molecule has 14 heavy (non-hydrogen) atoms. The molecule has 0 aliphatic carbocycles. The number of hydrogen-bond acceptors (Lipinski definition) is 1. The Bertz CT molecular complexity index is 283. The first-order chi connectivity index (χ1) is 6.93. The minimum absolute atomic E-state index is 0.759. The average Bonchev–Trinajstić information content (AvgIpc) is 2.29. The first-order valence-electron chi connectivity index (χ1n) is 4.77. The summed E-state index contributed by atoms with van der Waals surface area (Å²) in [6, 6.07) is 9.93. The second kappa shape index (κ2) is 9.46. The van der Waals surface area contributed by atoms with Gasteiger partial charge in [-0.15, -0.1) is 0 Å². The van der Waals surface area contributed by atoms with Gasteiger partial charge in [-0.2, -0.15) is 0 Å². The predicted octanol–water partition coefficient (Wildman–Crippen LogP) is 3.48. The molecule has 1 aromatic carbocycles. The number of benzene rings is 1. The van der Waals surface area contributed by atoms with E-state index in [1.807, 2.05) is 56.3 Å². The lowest BCUT2D eigenvalue weighted by atomic mass is 10.2. The van der Waals surface area contributed by atoms with Gasteiger partial charge >= 0.3 is 0 Å². The van der Waals surface area contributed by atoms with Crippen molar-refractivity contribution in [2.45, 2.75) is 13.8 Å². The third kappa shape index (κ3) is 5.95. The molecule has 0 spiro atoms. The molecule has 74 valence electrons. The van der Waals surface area contributed by atoms with E-state index in [0.717, 1.165) is 11.8 Å². The molecule has 1 rings (SSSR count). The van der Waals surface area contributed by atoms with Crippen LogP contribution in [0, 0.1) is 0 Å². The van der Waals surface area contributed by atoms with Crippen LogP contribution in [0.1, 0.15) is 19.4 Å². The standard InChI is InChI=1S/C11H10O.C2H6/c12-10-6-2-5-9-11-7-3-1-4-8-11;1-2/h1-10H;1-2H3/b6-2+,9-5+;. The first-order valence-corrected chi connectivity index (χ1v) is 4.77. The predicted molar refractivity (Wildman–Crippen MR) is 62.0 cm³/mol. The molecule has 0 aromatic heterocycles. The van der Waals surface area contributed by atoms with Crippen LogP contribution in [0.25, 0.3) is 6.08 Å². The molecule has 0 fully saturated rings. The molecule has 0 bridgehead atoms. The third-order valence-corrected chi connectivity index (χ3v) is 1.39. The van der Waals surface area contributed by atoms with E-state index in [0.29, 0.717) is 0 Å². The molecule has 0 amide bonds. The fourth-order valence-electron chi connectivity index (χ4n) is 0.840. The smallest absolute Gasteiger partial charge is 0.142 e. The molecule has 0 unspecified atom stereocenters. The van der Waals surface area contributed by atoms with E-state index < -0.39 is 0 Å². The zero-order valence-corrected chi connectivity index (χ0v) is 8.68. The van der Waals surface area contributed by atoms with Gasteiger partial charge in [0.1, 0.15) is 6.29 Å². The van der Waals surface area contributed by atoms with Crippen molar-refractivity contribution in [3.8, 4) is 0 Å². The summed E-state index contributed by atoms with van der Waals surface area (Å²) >= 11 is 0. The van der Waals surface area contributed by atoms with Crippen molar-refractivity contribution in [2.75, 3.05) is 0 Å². The van der Waals surface area contributed by atoms with Gasteiger partial charge in [0, 0.05) is 0 Å². The van der Waals surface area contributed by atoms with Crippen LogP contribution >= 0.6 is 0 Å². The molecule has 0 aliphatic rings. The molecular weight excluding hydrogens is 172 g/mol. The lowest BCUT2D eigenvalue weighted by molar-refractivity contribution is -0.104. The Balaban J connectivity index is 0.000000791. The Labute approximate surface area is 85.8 Å². The highest BCUT2D eigenvalue weighted by Crippen LogP contribution is 2.00. The van der Waals surface area contributed by atoms with Crippen molar-refractivity contribution in [2.24, 2.45) is 0 Å². The molecule has 1 aromatic rings. The second-order valence-corrected chi connectivity index (χ2v) is 2.29. The Morgan fingerprint density at radius 3 is 2.14 bits per heavy atom. The Morgan fingerprint density at radius 2 is 1.57 bits per heavy atom. The maximum Gasteiger partial charge on any atom is 0.142 e. The van der Waals surface area contributed by atoms with Crippen LogP contribution in [-0.4, -0.2) is 6.29 Å².